The lowest BCUT2D eigenvalue weighted by atomic mass is 10.2. The monoisotopic (exact) mass is 412 g/mol. The molecule has 5 nitrogen and oxygen atoms in total. The number of hydrogen-bond acceptors (Lipinski definition) is 4. The van der Waals surface area contributed by atoms with Crippen molar-refractivity contribution in [1.82, 2.24) is 0 Å². The molecule has 3 N–H and O–H groups in total. The van der Waals surface area contributed by atoms with Crippen LogP contribution in [0.5, 0.6) is 5.75 Å². The smallest absolute Gasteiger partial charge is 0.337 e. The van der Waals surface area contributed by atoms with Gasteiger partial charge < -0.3 is 10.2 Å². The highest BCUT2D eigenvalue weighted by Gasteiger charge is 2.08. The zero-order chi connectivity index (χ0) is 15.4. The molecule has 2 rings (SSSR count). The number of hydrogen-bond donors (Lipinski definition) is 3. The van der Waals surface area contributed by atoms with Gasteiger partial charge in [-0.25, -0.2) is 4.79 Å². The lowest BCUT2D eigenvalue weighted by Crippen LogP contribution is -2.02. The zero-order valence-electron chi connectivity index (χ0n) is 10.5. The van der Waals surface area contributed by atoms with E-state index < -0.39 is 5.97 Å². The van der Waals surface area contributed by atoms with Crippen molar-refractivity contribution in [2.45, 2.75) is 0 Å². The van der Waals surface area contributed by atoms with Crippen LogP contribution in [0.2, 0.25) is 0 Å². The Hall–Kier alpha value is -1.86. The summed E-state index contributed by atoms with van der Waals surface area (Å²) in [5.74, 6) is -0.989. The largest absolute Gasteiger partial charge is 0.506 e. The normalized spacial score (nSPS) is 10.8. The van der Waals surface area contributed by atoms with Gasteiger partial charge in [0.1, 0.15) is 5.75 Å². The molecule has 0 aliphatic heterocycles. The molecule has 0 unspecified atom stereocenters. The number of benzene rings is 2. The van der Waals surface area contributed by atoms with Crippen molar-refractivity contribution in [3.8, 4) is 5.75 Å². The molecule has 21 heavy (non-hydrogen) atoms. The predicted molar refractivity (Wildman–Crippen MR) is 88.1 cm³/mol. The number of nitrogens with zero attached hydrogens (tertiary/aromatic N) is 1. The average molecular weight is 414 g/mol. The standard InChI is InChI=1S/C14H10Br2N2O3/c15-9-5-8(13(19)11(16)6-9)7-17-18-12-4-2-1-3-10(12)14(20)21/h1-7,18-19H,(H,20,21)/b17-7+. The first-order valence-corrected chi connectivity index (χ1v) is 7.37. The number of halogens is 2. The van der Waals surface area contributed by atoms with E-state index in [1.807, 2.05) is 0 Å². The van der Waals surface area contributed by atoms with Gasteiger partial charge in [-0.2, -0.15) is 5.10 Å². The number of nitrogens with one attached hydrogen (secondary N) is 1. The van der Waals surface area contributed by atoms with Crippen LogP contribution in [-0.4, -0.2) is 22.4 Å². The number of anilines is 1. The van der Waals surface area contributed by atoms with Gasteiger partial charge in [0.05, 0.1) is 21.9 Å². The summed E-state index contributed by atoms with van der Waals surface area (Å²) >= 11 is 6.54. The van der Waals surface area contributed by atoms with Crippen molar-refractivity contribution in [2.75, 3.05) is 5.43 Å². The fourth-order valence-electron chi connectivity index (χ4n) is 1.62. The number of phenols is 1. The summed E-state index contributed by atoms with van der Waals surface area (Å²) in [5, 5.41) is 22.9. The molecule has 0 heterocycles. The third-order valence-corrected chi connectivity index (χ3v) is 3.67. The van der Waals surface area contributed by atoms with E-state index in [9.17, 15) is 9.90 Å². The Bertz CT molecular complexity index is 717. The molecule has 0 spiro atoms. The highest BCUT2D eigenvalue weighted by atomic mass is 79.9. The molecule has 2 aromatic rings. The predicted octanol–water partition coefficient (Wildman–Crippen LogP) is 4.06. The number of rotatable bonds is 4. The van der Waals surface area contributed by atoms with Crippen molar-refractivity contribution in [2.24, 2.45) is 5.10 Å². The summed E-state index contributed by atoms with van der Waals surface area (Å²) in [7, 11) is 0. The molecule has 0 bridgehead atoms. The summed E-state index contributed by atoms with van der Waals surface area (Å²) in [5.41, 5.74) is 3.63. The molecule has 0 saturated heterocycles. The van der Waals surface area contributed by atoms with Crippen LogP contribution in [0.4, 0.5) is 5.69 Å². The van der Waals surface area contributed by atoms with Crippen LogP contribution in [0.15, 0.2) is 50.4 Å². The first-order chi connectivity index (χ1) is 9.99. The second-order valence-corrected chi connectivity index (χ2v) is 5.82. The summed E-state index contributed by atoms with van der Waals surface area (Å²) in [6.07, 6.45) is 1.41. The Morgan fingerprint density at radius 1 is 1.24 bits per heavy atom. The number of hydrazone groups is 1. The van der Waals surface area contributed by atoms with Crippen molar-refractivity contribution in [3.63, 3.8) is 0 Å². The Balaban J connectivity index is 2.23. The minimum absolute atomic E-state index is 0.0512. The molecule has 108 valence electrons. The Kier molecular flexibility index (Phi) is 4.98. The maximum absolute atomic E-state index is 11.1. The number of carbonyl (C=O) groups is 1. The zero-order valence-corrected chi connectivity index (χ0v) is 13.7. The molecule has 0 aromatic heterocycles. The molecule has 0 amide bonds. The second-order valence-electron chi connectivity index (χ2n) is 4.05. The van der Waals surface area contributed by atoms with E-state index in [4.69, 9.17) is 5.11 Å². The van der Waals surface area contributed by atoms with Crippen molar-refractivity contribution in [3.05, 3.63) is 56.5 Å². The van der Waals surface area contributed by atoms with Crippen LogP contribution in [-0.2, 0) is 0 Å². The SMILES string of the molecule is O=C(O)c1ccccc1N/N=C/c1cc(Br)cc(Br)c1O. The fraction of sp³-hybridized carbons (Fsp3) is 0. The van der Waals surface area contributed by atoms with Crippen LogP contribution in [0.3, 0.4) is 0 Å². The lowest BCUT2D eigenvalue weighted by Gasteiger charge is -2.05. The second kappa shape index (κ2) is 6.73. The van der Waals surface area contributed by atoms with E-state index in [1.54, 1.807) is 30.3 Å². The summed E-state index contributed by atoms with van der Waals surface area (Å²) in [6.45, 7) is 0. The van der Waals surface area contributed by atoms with Crippen LogP contribution >= 0.6 is 31.9 Å². The van der Waals surface area contributed by atoms with E-state index in [-0.39, 0.29) is 11.3 Å². The van der Waals surface area contributed by atoms with Gasteiger partial charge in [-0.1, -0.05) is 28.1 Å². The third-order valence-electron chi connectivity index (χ3n) is 2.60. The van der Waals surface area contributed by atoms with Gasteiger partial charge in [-0.15, -0.1) is 0 Å². The number of para-hydroxylation sites is 1. The van der Waals surface area contributed by atoms with Gasteiger partial charge in [0.25, 0.3) is 0 Å². The fourth-order valence-corrected chi connectivity index (χ4v) is 2.88. The van der Waals surface area contributed by atoms with Crippen LogP contribution in [0.25, 0.3) is 0 Å². The first-order valence-electron chi connectivity index (χ1n) is 5.78. The number of carboxylic acid groups (broad SMARTS) is 1. The Morgan fingerprint density at radius 2 is 1.95 bits per heavy atom. The molecule has 0 saturated carbocycles. The molecule has 0 atom stereocenters. The molecular weight excluding hydrogens is 404 g/mol. The van der Waals surface area contributed by atoms with Gasteiger partial charge in [-0.3, -0.25) is 5.43 Å². The lowest BCUT2D eigenvalue weighted by molar-refractivity contribution is 0.0698. The van der Waals surface area contributed by atoms with Crippen molar-refractivity contribution < 1.29 is 15.0 Å². The topological polar surface area (TPSA) is 81.9 Å². The maximum Gasteiger partial charge on any atom is 0.337 e. The van der Waals surface area contributed by atoms with Crippen LogP contribution < -0.4 is 5.43 Å². The number of phenolic OH excluding ortho intramolecular Hbond substituents is 1. The molecule has 0 fully saturated rings. The van der Waals surface area contributed by atoms with E-state index in [0.717, 1.165) is 4.47 Å². The first kappa shape index (κ1) is 15.5. The van der Waals surface area contributed by atoms with E-state index in [0.29, 0.717) is 15.7 Å². The van der Waals surface area contributed by atoms with Crippen LogP contribution in [0, 0.1) is 0 Å². The minimum atomic E-state index is -1.04. The van der Waals surface area contributed by atoms with Gasteiger partial charge >= 0.3 is 5.97 Å². The van der Waals surface area contributed by atoms with Crippen LogP contribution in [0.1, 0.15) is 15.9 Å². The highest BCUT2D eigenvalue weighted by molar-refractivity contribution is 9.11. The molecule has 0 aliphatic carbocycles. The van der Waals surface area contributed by atoms with E-state index in [1.165, 1.54) is 12.3 Å². The van der Waals surface area contributed by atoms with Gasteiger partial charge in [0, 0.05) is 10.0 Å². The number of carboxylic acids is 1. The molecular formula is C14H10Br2N2O3. The molecule has 2 aromatic carbocycles. The highest BCUT2D eigenvalue weighted by Crippen LogP contribution is 2.30. The van der Waals surface area contributed by atoms with Gasteiger partial charge in [-0.05, 0) is 40.2 Å². The van der Waals surface area contributed by atoms with E-state index >= 15 is 0 Å². The average Bonchev–Trinajstić information content (AvgIpc) is 2.44. The third kappa shape index (κ3) is 3.83. The summed E-state index contributed by atoms with van der Waals surface area (Å²) in [6, 6.07) is 9.83. The maximum atomic E-state index is 11.1. The van der Waals surface area contributed by atoms with Gasteiger partial charge in [0.15, 0.2) is 0 Å². The Labute approximate surface area is 137 Å². The number of aromatic hydroxyl groups is 1. The van der Waals surface area contributed by atoms with Crippen molar-refractivity contribution >= 4 is 49.7 Å². The van der Waals surface area contributed by atoms with Crippen molar-refractivity contribution in [1.29, 1.82) is 0 Å². The minimum Gasteiger partial charge on any atom is -0.506 e. The molecule has 7 heteroatoms. The number of aromatic carboxylic acids is 1. The summed E-state index contributed by atoms with van der Waals surface area (Å²) in [4.78, 5) is 11.1. The summed E-state index contributed by atoms with van der Waals surface area (Å²) < 4.78 is 1.31. The Morgan fingerprint density at radius 3 is 2.67 bits per heavy atom. The quantitative estimate of drug-likeness (QED) is 0.521. The van der Waals surface area contributed by atoms with Gasteiger partial charge in [0.2, 0.25) is 0 Å². The molecule has 0 radical (unpaired) electrons. The molecule has 0 aliphatic rings. The van der Waals surface area contributed by atoms with E-state index in [2.05, 4.69) is 42.4 Å².